The van der Waals surface area contributed by atoms with Crippen molar-refractivity contribution in [2.75, 3.05) is 18.5 Å². The Hall–Kier alpha value is -3.02. The molecule has 208 valence electrons. The molecule has 1 heterocycles. The Kier molecular flexibility index (Phi) is 10.5. The number of ether oxygens (including phenoxy) is 2. The Morgan fingerprint density at radius 2 is 1.82 bits per heavy atom. The summed E-state index contributed by atoms with van der Waals surface area (Å²) in [6.07, 6.45) is 4.02. The molecule has 0 saturated heterocycles. The third-order valence-electron chi connectivity index (χ3n) is 5.80. The van der Waals surface area contributed by atoms with Crippen LogP contribution >= 0.6 is 47.8 Å². The fourth-order valence-corrected chi connectivity index (χ4v) is 5.18. The highest BCUT2D eigenvalue weighted by atomic mass is 79.9. The molecule has 11 heteroatoms. The van der Waals surface area contributed by atoms with Crippen molar-refractivity contribution in [3.05, 3.63) is 89.8 Å². The van der Waals surface area contributed by atoms with Crippen molar-refractivity contribution in [3.63, 3.8) is 0 Å². The monoisotopic (exact) mass is 732 g/mol. The molecule has 0 atom stereocenters. The number of aromatic nitrogens is 2. The summed E-state index contributed by atoms with van der Waals surface area (Å²) in [5.41, 5.74) is 1.69. The lowest BCUT2D eigenvalue weighted by Gasteiger charge is -2.16. The summed E-state index contributed by atoms with van der Waals surface area (Å²) in [6, 6.07) is 16.3. The van der Waals surface area contributed by atoms with Crippen molar-refractivity contribution in [1.29, 1.82) is 0 Å². The van der Waals surface area contributed by atoms with E-state index in [2.05, 4.69) is 65.1 Å². The van der Waals surface area contributed by atoms with Crippen LogP contribution in [0.2, 0.25) is 0 Å². The number of nitrogens with zero attached hydrogens (tertiary/aromatic N) is 3. The second kappa shape index (κ2) is 14.0. The van der Waals surface area contributed by atoms with Crippen LogP contribution in [-0.2, 0) is 11.2 Å². The first-order valence-corrected chi connectivity index (χ1v) is 15.1. The van der Waals surface area contributed by atoms with Crippen molar-refractivity contribution in [1.82, 2.24) is 9.66 Å². The van der Waals surface area contributed by atoms with E-state index in [1.54, 1.807) is 30.5 Å². The number of hydrogen-bond acceptors (Lipinski definition) is 6. The molecule has 0 unspecified atom stereocenters. The van der Waals surface area contributed by atoms with Crippen molar-refractivity contribution < 1.29 is 14.3 Å². The number of carbonyl (C=O) groups is 1. The van der Waals surface area contributed by atoms with Gasteiger partial charge in [-0.25, -0.2) is 4.98 Å². The normalized spacial score (nSPS) is 11.2. The first-order chi connectivity index (χ1) is 19.3. The van der Waals surface area contributed by atoms with Gasteiger partial charge in [-0.05, 0) is 81.6 Å². The third kappa shape index (κ3) is 7.18. The molecule has 4 rings (SSSR count). The van der Waals surface area contributed by atoms with Crippen LogP contribution in [0.5, 0.6) is 11.5 Å². The summed E-state index contributed by atoms with van der Waals surface area (Å²) in [5.74, 6) is 1.07. The topological polar surface area (TPSA) is 94.8 Å². The van der Waals surface area contributed by atoms with Gasteiger partial charge >= 0.3 is 0 Å². The first-order valence-electron chi connectivity index (χ1n) is 12.7. The standard InChI is InChI=1S/C29H27Br3N4O4/c1-3-5-11-24-35-22-13-12-19(30)15-21(22)29(38)36(24)33-16-18-14-23(39-4-2)28(27(32)26(18)31)40-17-25(37)34-20-9-7-6-8-10-20/h6-10,12-16H,3-5,11,17H2,1-2H3,(H,34,37). The number of rotatable bonds is 11. The van der Waals surface area contributed by atoms with Gasteiger partial charge in [-0.15, -0.1) is 0 Å². The first kappa shape index (κ1) is 30.0. The van der Waals surface area contributed by atoms with Gasteiger partial charge in [0.1, 0.15) is 5.82 Å². The molecular formula is C29H27Br3N4O4. The molecule has 40 heavy (non-hydrogen) atoms. The maximum absolute atomic E-state index is 13.4. The quantitative estimate of drug-likeness (QED) is 0.163. The molecule has 1 N–H and O–H groups in total. The van der Waals surface area contributed by atoms with Gasteiger partial charge in [0.05, 0.1) is 28.2 Å². The number of amides is 1. The van der Waals surface area contributed by atoms with E-state index < -0.39 is 0 Å². The summed E-state index contributed by atoms with van der Waals surface area (Å²) >= 11 is 10.6. The summed E-state index contributed by atoms with van der Waals surface area (Å²) in [7, 11) is 0. The molecule has 0 bridgehead atoms. The lowest BCUT2D eigenvalue weighted by atomic mass is 10.2. The van der Waals surface area contributed by atoms with Gasteiger partial charge in [0.15, 0.2) is 18.1 Å². The Morgan fingerprint density at radius 1 is 1.05 bits per heavy atom. The number of anilines is 1. The minimum absolute atomic E-state index is 0.220. The third-order valence-corrected chi connectivity index (χ3v) is 8.44. The van der Waals surface area contributed by atoms with Crippen molar-refractivity contribution in [3.8, 4) is 11.5 Å². The second-order valence-electron chi connectivity index (χ2n) is 8.71. The number of aryl methyl sites for hydroxylation is 1. The zero-order chi connectivity index (χ0) is 28.6. The van der Waals surface area contributed by atoms with E-state index >= 15 is 0 Å². The molecule has 0 aliphatic carbocycles. The molecule has 0 aliphatic heterocycles. The van der Waals surface area contributed by atoms with E-state index in [1.807, 2.05) is 37.3 Å². The van der Waals surface area contributed by atoms with Crippen molar-refractivity contribution >= 4 is 76.5 Å². The summed E-state index contributed by atoms with van der Waals surface area (Å²) in [4.78, 5) is 30.6. The Labute approximate surface area is 257 Å². The van der Waals surface area contributed by atoms with E-state index in [9.17, 15) is 9.59 Å². The van der Waals surface area contributed by atoms with Gasteiger partial charge < -0.3 is 14.8 Å². The zero-order valence-electron chi connectivity index (χ0n) is 21.9. The van der Waals surface area contributed by atoms with E-state index in [0.717, 1.165) is 17.3 Å². The van der Waals surface area contributed by atoms with Gasteiger partial charge in [-0.2, -0.15) is 9.78 Å². The van der Waals surface area contributed by atoms with Gasteiger partial charge in [0, 0.05) is 26.6 Å². The van der Waals surface area contributed by atoms with Crippen LogP contribution in [0.15, 0.2) is 77.9 Å². The second-order valence-corrected chi connectivity index (χ2v) is 11.2. The molecular weight excluding hydrogens is 708 g/mol. The highest BCUT2D eigenvalue weighted by Gasteiger charge is 2.19. The minimum atomic E-state index is -0.309. The lowest BCUT2D eigenvalue weighted by molar-refractivity contribution is -0.118. The number of benzene rings is 3. The fraction of sp³-hybridized carbons (Fsp3) is 0.241. The number of para-hydroxylation sites is 1. The zero-order valence-corrected chi connectivity index (χ0v) is 26.7. The average molecular weight is 735 g/mol. The van der Waals surface area contributed by atoms with Crippen molar-refractivity contribution in [2.24, 2.45) is 5.10 Å². The van der Waals surface area contributed by atoms with Crippen LogP contribution in [0.3, 0.4) is 0 Å². The molecule has 0 saturated carbocycles. The SMILES string of the molecule is CCCCc1nc2ccc(Br)cc2c(=O)n1N=Cc1cc(OCC)c(OCC(=O)Nc2ccccc2)c(Br)c1Br. The molecule has 4 aromatic rings. The van der Waals surface area contributed by atoms with E-state index in [4.69, 9.17) is 14.5 Å². The van der Waals surface area contributed by atoms with Gasteiger partial charge in [0.2, 0.25) is 0 Å². The molecule has 8 nitrogen and oxygen atoms in total. The lowest BCUT2D eigenvalue weighted by Crippen LogP contribution is -2.22. The Balaban J connectivity index is 1.66. The molecule has 1 amide bonds. The van der Waals surface area contributed by atoms with Crippen molar-refractivity contribution in [2.45, 2.75) is 33.1 Å². The van der Waals surface area contributed by atoms with Crippen LogP contribution in [-0.4, -0.2) is 35.0 Å². The molecule has 0 fully saturated rings. The fourth-order valence-electron chi connectivity index (χ4n) is 3.88. The highest BCUT2D eigenvalue weighted by molar-refractivity contribution is 9.13. The van der Waals surface area contributed by atoms with E-state index in [1.165, 1.54) is 4.68 Å². The smallest absolute Gasteiger partial charge is 0.282 e. The number of carbonyl (C=O) groups excluding carboxylic acids is 1. The predicted molar refractivity (Wildman–Crippen MR) is 169 cm³/mol. The van der Waals surface area contributed by atoms with Gasteiger partial charge in [0.25, 0.3) is 11.5 Å². The van der Waals surface area contributed by atoms with Gasteiger partial charge in [-0.1, -0.05) is 47.5 Å². The summed E-state index contributed by atoms with van der Waals surface area (Å²) in [5, 5.41) is 7.82. The molecule has 3 aromatic carbocycles. The van der Waals surface area contributed by atoms with Crippen LogP contribution in [0.1, 0.15) is 38.1 Å². The van der Waals surface area contributed by atoms with Crippen LogP contribution < -0.4 is 20.3 Å². The Bertz CT molecular complexity index is 1610. The number of unbranched alkanes of at least 4 members (excludes halogenated alkanes) is 1. The maximum atomic E-state index is 13.4. The number of hydrogen-bond donors (Lipinski definition) is 1. The molecule has 0 aliphatic rings. The van der Waals surface area contributed by atoms with Crippen LogP contribution in [0.25, 0.3) is 10.9 Å². The molecule has 0 radical (unpaired) electrons. The number of halogens is 3. The predicted octanol–water partition coefficient (Wildman–Crippen LogP) is 7.33. The summed E-state index contributed by atoms with van der Waals surface area (Å²) < 4.78 is 15.0. The number of fused-ring (bicyclic) bond motifs is 1. The van der Waals surface area contributed by atoms with Crippen LogP contribution in [0, 0.1) is 0 Å². The average Bonchev–Trinajstić information content (AvgIpc) is 2.94. The molecule has 0 spiro atoms. The highest BCUT2D eigenvalue weighted by Crippen LogP contribution is 2.42. The Morgan fingerprint density at radius 3 is 2.55 bits per heavy atom. The summed E-state index contributed by atoms with van der Waals surface area (Å²) in [6.45, 7) is 4.10. The largest absolute Gasteiger partial charge is 0.490 e. The molecule has 1 aromatic heterocycles. The maximum Gasteiger partial charge on any atom is 0.282 e. The van der Waals surface area contributed by atoms with Crippen LogP contribution in [0.4, 0.5) is 5.69 Å². The van der Waals surface area contributed by atoms with E-state index in [-0.39, 0.29) is 18.1 Å². The van der Waals surface area contributed by atoms with Gasteiger partial charge in [-0.3, -0.25) is 9.59 Å². The van der Waals surface area contributed by atoms with E-state index in [0.29, 0.717) is 61.5 Å². The number of nitrogens with one attached hydrogen (secondary N) is 1. The minimum Gasteiger partial charge on any atom is -0.490 e.